The van der Waals surface area contributed by atoms with E-state index in [0.717, 1.165) is 22.4 Å². The summed E-state index contributed by atoms with van der Waals surface area (Å²) >= 11 is 0. The van der Waals surface area contributed by atoms with Crippen LogP contribution in [0, 0.1) is 11.3 Å². The normalized spacial score (nSPS) is 18.1. The SMILES string of the molecule is CC(C)(NCCc1cccc(C#N)c1)c1cccc(NC2=CC(=O)N(C3CCC(=O)NC3=O)C2=O)c1. The number of nitrogens with one attached hydrogen (secondary N) is 3. The number of hydrogen-bond acceptors (Lipinski definition) is 7. The number of carbonyl (C=O) groups excluding carboxylic acids is 4. The van der Waals surface area contributed by atoms with Gasteiger partial charge in [-0.2, -0.15) is 5.26 Å². The van der Waals surface area contributed by atoms with Crippen molar-refractivity contribution in [3.8, 4) is 6.07 Å². The number of nitriles is 1. The maximum atomic E-state index is 12.9. The minimum Gasteiger partial charge on any atom is -0.351 e. The zero-order valence-corrected chi connectivity index (χ0v) is 20.1. The van der Waals surface area contributed by atoms with Crippen LogP contribution < -0.4 is 16.0 Å². The second-order valence-electron chi connectivity index (χ2n) is 9.36. The van der Waals surface area contributed by atoms with E-state index in [2.05, 4.69) is 22.0 Å². The second-order valence-corrected chi connectivity index (χ2v) is 9.36. The summed E-state index contributed by atoms with van der Waals surface area (Å²) in [6.45, 7) is 4.79. The van der Waals surface area contributed by atoms with E-state index in [1.807, 2.05) is 50.2 Å². The van der Waals surface area contributed by atoms with Crippen LogP contribution in [0.25, 0.3) is 0 Å². The molecule has 0 aliphatic carbocycles. The highest BCUT2D eigenvalue weighted by Gasteiger charge is 2.42. The molecule has 1 fully saturated rings. The Balaban J connectivity index is 1.40. The lowest BCUT2D eigenvalue weighted by Crippen LogP contribution is -2.54. The van der Waals surface area contributed by atoms with Gasteiger partial charge in [-0.1, -0.05) is 24.3 Å². The van der Waals surface area contributed by atoms with E-state index in [9.17, 15) is 19.2 Å². The molecule has 3 N–H and O–H groups in total. The zero-order valence-electron chi connectivity index (χ0n) is 20.1. The summed E-state index contributed by atoms with van der Waals surface area (Å²) in [7, 11) is 0. The van der Waals surface area contributed by atoms with Crippen molar-refractivity contribution in [2.75, 3.05) is 11.9 Å². The van der Waals surface area contributed by atoms with Crippen LogP contribution in [0.1, 0.15) is 43.4 Å². The predicted molar refractivity (Wildman–Crippen MR) is 132 cm³/mol. The summed E-state index contributed by atoms with van der Waals surface area (Å²) < 4.78 is 0. The van der Waals surface area contributed by atoms with Gasteiger partial charge in [0.2, 0.25) is 11.8 Å². The molecule has 0 bridgehead atoms. The summed E-state index contributed by atoms with van der Waals surface area (Å²) in [5.41, 5.74) is 2.98. The van der Waals surface area contributed by atoms with Crippen molar-refractivity contribution < 1.29 is 19.2 Å². The van der Waals surface area contributed by atoms with Gasteiger partial charge in [-0.25, -0.2) is 0 Å². The minimum atomic E-state index is -0.999. The fourth-order valence-electron chi connectivity index (χ4n) is 4.36. The van der Waals surface area contributed by atoms with Crippen LogP contribution in [0.3, 0.4) is 0 Å². The van der Waals surface area contributed by atoms with Crippen molar-refractivity contribution in [2.45, 2.75) is 44.7 Å². The molecule has 0 aromatic heterocycles. The first-order valence-corrected chi connectivity index (χ1v) is 11.7. The van der Waals surface area contributed by atoms with Gasteiger partial charge in [0.25, 0.3) is 11.8 Å². The number of piperidine rings is 1. The molecule has 2 aliphatic heterocycles. The molecule has 9 nitrogen and oxygen atoms in total. The van der Waals surface area contributed by atoms with Gasteiger partial charge in [0, 0.05) is 23.7 Å². The molecule has 0 radical (unpaired) electrons. The molecule has 1 atom stereocenters. The molecular formula is C27H27N5O4. The fourth-order valence-corrected chi connectivity index (χ4v) is 4.36. The van der Waals surface area contributed by atoms with Gasteiger partial charge >= 0.3 is 0 Å². The average Bonchev–Trinajstić information content (AvgIpc) is 3.12. The predicted octanol–water partition coefficient (Wildman–Crippen LogP) is 2.10. The van der Waals surface area contributed by atoms with Crippen LogP contribution >= 0.6 is 0 Å². The first kappa shape index (κ1) is 24.8. The molecule has 2 aliphatic rings. The van der Waals surface area contributed by atoms with Gasteiger partial charge < -0.3 is 10.6 Å². The van der Waals surface area contributed by atoms with E-state index in [1.165, 1.54) is 6.08 Å². The maximum Gasteiger partial charge on any atom is 0.278 e. The summed E-state index contributed by atoms with van der Waals surface area (Å²) in [5.74, 6) is -2.24. The Bertz CT molecular complexity index is 1310. The van der Waals surface area contributed by atoms with Crippen LogP contribution in [-0.4, -0.2) is 41.1 Å². The third-order valence-corrected chi connectivity index (χ3v) is 6.38. The fraction of sp³-hybridized carbons (Fsp3) is 0.296. The number of benzene rings is 2. The topological polar surface area (TPSA) is 131 Å². The first-order valence-electron chi connectivity index (χ1n) is 11.7. The molecule has 4 amide bonds. The molecule has 2 heterocycles. The number of anilines is 1. The molecule has 1 saturated heterocycles. The monoisotopic (exact) mass is 485 g/mol. The summed E-state index contributed by atoms with van der Waals surface area (Å²) in [5, 5.41) is 17.8. The zero-order chi connectivity index (χ0) is 25.9. The lowest BCUT2D eigenvalue weighted by molar-refractivity contribution is -0.149. The minimum absolute atomic E-state index is 0.0735. The van der Waals surface area contributed by atoms with E-state index in [4.69, 9.17) is 5.26 Å². The van der Waals surface area contributed by atoms with Gasteiger partial charge in [0.1, 0.15) is 11.7 Å². The van der Waals surface area contributed by atoms with Crippen molar-refractivity contribution in [3.63, 3.8) is 0 Å². The van der Waals surface area contributed by atoms with Crippen LogP contribution in [0.15, 0.2) is 60.3 Å². The third kappa shape index (κ3) is 5.34. The van der Waals surface area contributed by atoms with Gasteiger partial charge in [0.05, 0.1) is 11.6 Å². The van der Waals surface area contributed by atoms with Crippen molar-refractivity contribution in [1.82, 2.24) is 15.5 Å². The largest absolute Gasteiger partial charge is 0.351 e. The smallest absolute Gasteiger partial charge is 0.278 e. The van der Waals surface area contributed by atoms with Crippen molar-refractivity contribution >= 4 is 29.3 Å². The Hall–Kier alpha value is -4.29. The lowest BCUT2D eigenvalue weighted by atomic mass is 9.93. The van der Waals surface area contributed by atoms with Crippen molar-refractivity contribution in [2.24, 2.45) is 0 Å². The van der Waals surface area contributed by atoms with Crippen molar-refractivity contribution in [3.05, 3.63) is 77.0 Å². The van der Waals surface area contributed by atoms with E-state index < -0.39 is 35.2 Å². The molecular weight excluding hydrogens is 458 g/mol. The number of amides is 4. The average molecular weight is 486 g/mol. The summed E-state index contributed by atoms with van der Waals surface area (Å²) in [6, 6.07) is 16.2. The molecule has 0 spiro atoms. The van der Waals surface area contributed by atoms with E-state index in [0.29, 0.717) is 17.8 Å². The molecule has 2 aromatic carbocycles. The van der Waals surface area contributed by atoms with Crippen LogP contribution in [0.4, 0.5) is 5.69 Å². The first-order chi connectivity index (χ1) is 17.2. The highest BCUT2D eigenvalue weighted by Crippen LogP contribution is 2.26. The van der Waals surface area contributed by atoms with Crippen LogP contribution in [-0.2, 0) is 31.1 Å². The highest BCUT2D eigenvalue weighted by molar-refractivity contribution is 6.20. The van der Waals surface area contributed by atoms with Gasteiger partial charge in [-0.15, -0.1) is 0 Å². The third-order valence-electron chi connectivity index (χ3n) is 6.38. The molecule has 36 heavy (non-hydrogen) atoms. The Morgan fingerprint density at radius 3 is 2.64 bits per heavy atom. The number of nitrogens with zero attached hydrogens (tertiary/aromatic N) is 2. The molecule has 1 unspecified atom stereocenters. The van der Waals surface area contributed by atoms with Gasteiger partial charge in [-0.3, -0.25) is 29.4 Å². The summed E-state index contributed by atoms with van der Waals surface area (Å²) in [4.78, 5) is 49.9. The van der Waals surface area contributed by atoms with Gasteiger partial charge in [-0.05, 0) is 68.6 Å². The number of hydrogen-bond donors (Lipinski definition) is 3. The van der Waals surface area contributed by atoms with Crippen LogP contribution in [0.5, 0.6) is 0 Å². The molecule has 4 rings (SSSR count). The Morgan fingerprint density at radius 1 is 1.11 bits per heavy atom. The van der Waals surface area contributed by atoms with E-state index >= 15 is 0 Å². The highest BCUT2D eigenvalue weighted by atomic mass is 16.2. The quantitative estimate of drug-likeness (QED) is 0.488. The number of imide groups is 2. The molecule has 0 saturated carbocycles. The Morgan fingerprint density at radius 2 is 1.89 bits per heavy atom. The Labute approximate surface area is 209 Å². The number of rotatable bonds is 8. The maximum absolute atomic E-state index is 12.9. The van der Waals surface area contributed by atoms with E-state index in [-0.39, 0.29) is 18.5 Å². The van der Waals surface area contributed by atoms with Crippen molar-refractivity contribution in [1.29, 1.82) is 5.26 Å². The Kier molecular flexibility index (Phi) is 6.99. The molecule has 9 heteroatoms. The number of carbonyl (C=O) groups is 4. The second kappa shape index (κ2) is 10.1. The molecule has 2 aromatic rings. The lowest BCUT2D eigenvalue weighted by Gasteiger charge is -2.28. The van der Waals surface area contributed by atoms with Gasteiger partial charge in [0.15, 0.2) is 0 Å². The standard InChI is InChI=1S/C27H27N5O4/c1-27(2,29-12-11-17-5-3-6-18(13-17)16-28)19-7-4-8-20(14-19)30-21-15-24(34)32(26(21)36)22-9-10-23(33)31-25(22)35/h3-8,13-15,22,29-30H,9-12H2,1-2H3,(H,31,33,35). The molecule has 184 valence electrons. The van der Waals surface area contributed by atoms with E-state index in [1.54, 1.807) is 12.1 Å². The summed E-state index contributed by atoms with van der Waals surface area (Å²) in [6.07, 6.45) is 2.12. The van der Waals surface area contributed by atoms with Crippen LogP contribution in [0.2, 0.25) is 0 Å².